The van der Waals surface area contributed by atoms with Gasteiger partial charge in [0.05, 0.1) is 17.8 Å². The smallest absolute Gasteiger partial charge is 0.356 e. The number of halogens is 1. The zero-order valence-corrected chi connectivity index (χ0v) is 8.62. The largest absolute Gasteiger partial charge is 0.476 e. The fourth-order valence-corrected chi connectivity index (χ4v) is 1.08. The topological polar surface area (TPSA) is 66.3 Å². The Bertz CT molecular complexity index is 354. The minimum atomic E-state index is -1.14. The second kappa shape index (κ2) is 4.34. The average Bonchev–Trinajstić information content (AvgIpc) is 2.07. The van der Waals surface area contributed by atoms with Crippen molar-refractivity contribution in [3.8, 4) is 0 Å². The molecule has 1 rings (SSSR count). The van der Waals surface area contributed by atoms with E-state index in [1.165, 1.54) is 6.20 Å². The van der Waals surface area contributed by atoms with Gasteiger partial charge in [-0.15, -0.1) is 0 Å². The van der Waals surface area contributed by atoms with Crippen LogP contribution in [0.5, 0.6) is 0 Å². The van der Waals surface area contributed by atoms with E-state index >= 15 is 0 Å². The van der Waals surface area contributed by atoms with Gasteiger partial charge in [0.2, 0.25) is 0 Å². The van der Waals surface area contributed by atoms with Gasteiger partial charge >= 0.3 is 5.97 Å². The fourth-order valence-electron chi connectivity index (χ4n) is 0.913. The fraction of sp³-hybridized carbons (Fsp3) is 0.375. The van der Waals surface area contributed by atoms with Crippen molar-refractivity contribution in [1.29, 1.82) is 0 Å². The molecule has 0 aliphatic carbocycles. The predicted octanol–water partition coefficient (Wildman–Crippen LogP) is 0.890. The summed E-state index contributed by atoms with van der Waals surface area (Å²) >= 11 is 5.61. The van der Waals surface area contributed by atoms with Crippen LogP contribution < -0.4 is 0 Å². The molecule has 0 saturated carbocycles. The standard InChI is InChI=1S/C8H10ClN3O2/c1-12(2)4-6-10-3-5(9)7(11-6)8(13)14/h3H,4H2,1-2H3,(H,13,14). The van der Waals surface area contributed by atoms with E-state index in [4.69, 9.17) is 16.7 Å². The van der Waals surface area contributed by atoms with Crippen LogP contribution >= 0.6 is 11.6 Å². The molecule has 14 heavy (non-hydrogen) atoms. The van der Waals surface area contributed by atoms with Crippen LogP contribution in [0.4, 0.5) is 0 Å². The van der Waals surface area contributed by atoms with Gasteiger partial charge in [-0.25, -0.2) is 14.8 Å². The van der Waals surface area contributed by atoms with Crippen LogP contribution in [0.25, 0.3) is 0 Å². The van der Waals surface area contributed by atoms with Crippen molar-refractivity contribution in [2.45, 2.75) is 6.54 Å². The van der Waals surface area contributed by atoms with Gasteiger partial charge in [-0.1, -0.05) is 11.6 Å². The second-order valence-electron chi connectivity index (χ2n) is 3.03. The number of hydrogen-bond acceptors (Lipinski definition) is 4. The lowest BCUT2D eigenvalue weighted by molar-refractivity contribution is 0.0690. The van der Waals surface area contributed by atoms with Gasteiger partial charge in [0.25, 0.3) is 0 Å². The molecule has 76 valence electrons. The molecule has 0 atom stereocenters. The van der Waals surface area contributed by atoms with Crippen molar-refractivity contribution in [2.75, 3.05) is 14.1 Å². The van der Waals surface area contributed by atoms with Crippen LogP contribution in [0.1, 0.15) is 16.3 Å². The summed E-state index contributed by atoms with van der Waals surface area (Å²) in [6.45, 7) is 0.484. The van der Waals surface area contributed by atoms with E-state index in [1.54, 1.807) is 0 Å². The summed E-state index contributed by atoms with van der Waals surface area (Å²) in [5, 5.41) is 8.79. The molecule has 0 saturated heterocycles. The molecular weight excluding hydrogens is 206 g/mol. The van der Waals surface area contributed by atoms with Gasteiger partial charge in [-0.2, -0.15) is 0 Å². The summed E-state index contributed by atoms with van der Waals surface area (Å²) in [6, 6.07) is 0. The van der Waals surface area contributed by atoms with Crippen molar-refractivity contribution >= 4 is 17.6 Å². The van der Waals surface area contributed by atoms with Crippen molar-refractivity contribution in [3.05, 3.63) is 22.7 Å². The summed E-state index contributed by atoms with van der Waals surface area (Å²) in [7, 11) is 3.69. The van der Waals surface area contributed by atoms with Gasteiger partial charge in [0.1, 0.15) is 5.82 Å². The van der Waals surface area contributed by atoms with Gasteiger partial charge in [-0.3, -0.25) is 0 Å². The van der Waals surface area contributed by atoms with E-state index in [0.29, 0.717) is 12.4 Å². The molecule has 1 aromatic rings. The lowest BCUT2D eigenvalue weighted by Crippen LogP contribution is -2.15. The van der Waals surface area contributed by atoms with E-state index in [-0.39, 0.29) is 10.7 Å². The first-order valence-electron chi connectivity index (χ1n) is 3.90. The highest BCUT2D eigenvalue weighted by Crippen LogP contribution is 2.12. The normalized spacial score (nSPS) is 10.6. The van der Waals surface area contributed by atoms with Crippen LogP contribution in [0, 0.1) is 0 Å². The Labute approximate surface area is 86.3 Å². The molecule has 0 aliphatic rings. The molecule has 0 bridgehead atoms. The van der Waals surface area contributed by atoms with Gasteiger partial charge in [-0.05, 0) is 14.1 Å². The first kappa shape index (κ1) is 10.9. The van der Waals surface area contributed by atoms with Crippen molar-refractivity contribution in [3.63, 3.8) is 0 Å². The van der Waals surface area contributed by atoms with Crippen LogP contribution in [0.2, 0.25) is 5.02 Å². The maximum atomic E-state index is 10.7. The maximum Gasteiger partial charge on any atom is 0.356 e. The van der Waals surface area contributed by atoms with E-state index in [9.17, 15) is 4.79 Å². The Hall–Kier alpha value is -1.20. The molecular formula is C8H10ClN3O2. The lowest BCUT2D eigenvalue weighted by Gasteiger charge is -2.08. The highest BCUT2D eigenvalue weighted by atomic mass is 35.5. The number of aromatic carboxylic acids is 1. The first-order chi connectivity index (χ1) is 6.50. The highest BCUT2D eigenvalue weighted by Gasteiger charge is 2.12. The number of aromatic nitrogens is 2. The molecule has 0 fully saturated rings. The number of carboxylic acids is 1. The molecule has 0 radical (unpaired) electrons. The maximum absolute atomic E-state index is 10.7. The van der Waals surface area contributed by atoms with E-state index in [2.05, 4.69) is 9.97 Å². The molecule has 1 aromatic heterocycles. The Kier molecular flexibility index (Phi) is 3.38. The summed E-state index contributed by atoms with van der Waals surface area (Å²) in [4.78, 5) is 20.3. The number of rotatable bonds is 3. The zero-order chi connectivity index (χ0) is 10.7. The quantitative estimate of drug-likeness (QED) is 0.811. The van der Waals surface area contributed by atoms with Gasteiger partial charge in [0, 0.05) is 0 Å². The number of carboxylic acid groups (broad SMARTS) is 1. The van der Waals surface area contributed by atoms with Crippen LogP contribution in [0.3, 0.4) is 0 Å². The Morgan fingerprint density at radius 1 is 1.64 bits per heavy atom. The molecule has 0 aliphatic heterocycles. The van der Waals surface area contributed by atoms with E-state index in [1.807, 2.05) is 19.0 Å². The summed E-state index contributed by atoms with van der Waals surface area (Å²) in [5.41, 5.74) is -0.154. The minimum absolute atomic E-state index is 0.0556. The highest BCUT2D eigenvalue weighted by molar-refractivity contribution is 6.33. The third-order valence-electron chi connectivity index (χ3n) is 1.45. The number of nitrogens with zero attached hydrogens (tertiary/aromatic N) is 3. The third-order valence-corrected chi connectivity index (χ3v) is 1.73. The summed E-state index contributed by atoms with van der Waals surface area (Å²) < 4.78 is 0. The summed E-state index contributed by atoms with van der Waals surface area (Å²) in [5.74, 6) is -0.700. The lowest BCUT2D eigenvalue weighted by atomic mass is 10.4. The average molecular weight is 216 g/mol. The molecule has 5 nitrogen and oxygen atoms in total. The van der Waals surface area contributed by atoms with Crippen LogP contribution in [0.15, 0.2) is 6.20 Å². The molecule has 0 aromatic carbocycles. The monoisotopic (exact) mass is 215 g/mol. The number of carbonyl (C=O) groups is 1. The Balaban J connectivity index is 3.00. The molecule has 1 N–H and O–H groups in total. The Morgan fingerprint density at radius 2 is 2.29 bits per heavy atom. The van der Waals surface area contributed by atoms with Crippen LogP contribution in [-0.2, 0) is 6.54 Å². The molecule has 6 heteroatoms. The number of hydrogen-bond donors (Lipinski definition) is 1. The van der Waals surface area contributed by atoms with Gasteiger partial charge in [0.15, 0.2) is 5.69 Å². The second-order valence-corrected chi connectivity index (χ2v) is 3.43. The third kappa shape index (κ3) is 2.65. The molecule has 0 amide bonds. The predicted molar refractivity (Wildman–Crippen MR) is 51.4 cm³/mol. The minimum Gasteiger partial charge on any atom is -0.476 e. The molecule has 1 heterocycles. The van der Waals surface area contributed by atoms with Crippen molar-refractivity contribution in [2.24, 2.45) is 0 Å². The zero-order valence-electron chi connectivity index (χ0n) is 7.86. The van der Waals surface area contributed by atoms with Crippen LogP contribution in [-0.4, -0.2) is 40.0 Å². The molecule has 0 spiro atoms. The van der Waals surface area contributed by atoms with Crippen molar-refractivity contribution < 1.29 is 9.90 Å². The first-order valence-corrected chi connectivity index (χ1v) is 4.28. The van der Waals surface area contributed by atoms with Gasteiger partial charge < -0.3 is 10.0 Å². The molecule has 0 unspecified atom stereocenters. The summed E-state index contributed by atoms with van der Waals surface area (Å²) in [6.07, 6.45) is 1.30. The van der Waals surface area contributed by atoms with E-state index in [0.717, 1.165) is 0 Å². The van der Waals surface area contributed by atoms with E-state index < -0.39 is 5.97 Å². The van der Waals surface area contributed by atoms with Crippen molar-refractivity contribution in [1.82, 2.24) is 14.9 Å². The SMILES string of the molecule is CN(C)Cc1ncc(Cl)c(C(=O)O)n1. The Morgan fingerprint density at radius 3 is 2.79 bits per heavy atom.